The second-order valence-electron chi connectivity index (χ2n) is 9.90. The van der Waals surface area contributed by atoms with Gasteiger partial charge in [-0.2, -0.15) is 5.26 Å². The highest BCUT2D eigenvalue weighted by molar-refractivity contribution is 5.87. The Morgan fingerprint density at radius 3 is 2.59 bits per heavy atom. The van der Waals surface area contributed by atoms with Gasteiger partial charge in [-0.1, -0.05) is 12.1 Å². The molecule has 1 saturated heterocycles. The minimum absolute atomic E-state index is 0.118. The number of phenols is 2. The Bertz CT molecular complexity index is 1920. The van der Waals surface area contributed by atoms with Crippen LogP contribution in [-0.2, 0) is 6.54 Å². The number of nitriles is 1. The molecule has 11 heteroatoms. The van der Waals surface area contributed by atoms with Crippen LogP contribution in [0.25, 0.3) is 28.0 Å². The first-order valence-corrected chi connectivity index (χ1v) is 12.9. The summed E-state index contributed by atoms with van der Waals surface area (Å²) in [7, 11) is 0. The number of carbonyl (C=O) groups is 1. The van der Waals surface area contributed by atoms with Gasteiger partial charge in [0.1, 0.15) is 17.6 Å². The summed E-state index contributed by atoms with van der Waals surface area (Å²) in [5, 5.41) is 39.4. The van der Waals surface area contributed by atoms with Crippen molar-refractivity contribution in [2.24, 2.45) is 0 Å². The number of aromatic hydroxyl groups is 2. The lowest BCUT2D eigenvalue weighted by atomic mass is 10.0. The second-order valence-corrected chi connectivity index (χ2v) is 9.90. The SMILES string of the molecule is N#Cc1cc(-c2ccc(-n3c(=O)n([C@H]4CCN(Cc5cc(C(=O)O)ccn5)C4)c4ncccc43)c(O)c2)ccc1O. The van der Waals surface area contributed by atoms with Crippen LogP contribution in [0, 0.1) is 11.3 Å². The van der Waals surface area contributed by atoms with Crippen molar-refractivity contribution in [1.82, 2.24) is 24.0 Å². The number of hydrogen-bond acceptors (Lipinski definition) is 8. The normalized spacial score (nSPS) is 15.2. The van der Waals surface area contributed by atoms with Crippen molar-refractivity contribution >= 4 is 17.1 Å². The molecule has 1 aliphatic heterocycles. The van der Waals surface area contributed by atoms with Crippen LogP contribution in [0.2, 0.25) is 0 Å². The molecule has 5 aromatic rings. The summed E-state index contributed by atoms with van der Waals surface area (Å²) in [6, 6.07) is 17.8. The number of benzene rings is 2. The maximum Gasteiger partial charge on any atom is 0.335 e. The van der Waals surface area contributed by atoms with Crippen molar-refractivity contribution in [3.05, 3.63) is 100 Å². The molecule has 0 radical (unpaired) electrons. The number of carboxylic acids is 1. The van der Waals surface area contributed by atoms with Crippen LogP contribution >= 0.6 is 0 Å². The molecule has 0 spiro atoms. The Morgan fingerprint density at radius 2 is 1.80 bits per heavy atom. The van der Waals surface area contributed by atoms with Gasteiger partial charge < -0.3 is 15.3 Å². The smallest absolute Gasteiger partial charge is 0.335 e. The average molecular weight is 549 g/mol. The van der Waals surface area contributed by atoms with E-state index in [0.29, 0.717) is 59.7 Å². The predicted molar refractivity (Wildman–Crippen MR) is 149 cm³/mol. The van der Waals surface area contributed by atoms with Crippen LogP contribution in [0.4, 0.5) is 0 Å². The molecule has 1 fully saturated rings. The van der Waals surface area contributed by atoms with E-state index in [4.69, 9.17) is 0 Å². The van der Waals surface area contributed by atoms with Gasteiger partial charge in [-0.25, -0.2) is 14.6 Å². The Labute approximate surface area is 233 Å². The summed E-state index contributed by atoms with van der Waals surface area (Å²) in [5.41, 5.74) is 3.18. The van der Waals surface area contributed by atoms with Crippen molar-refractivity contribution in [2.45, 2.75) is 19.0 Å². The number of hydrogen-bond donors (Lipinski definition) is 3. The third-order valence-electron chi connectivity index (χ3n) is 7.36. The summed E-state index contributed by atoms with van der Waals surface area (Å²) >= 11 is 0. The summed E-state index contributed by atoms with van der Waals surface area (Å²) in [4.78, 5) is 36.2. The molecule has 2 aromatic carbocycles. The van der Waals surface area contributed by atoms with Crippen LogP contribution < -0.4 is 5.69 Å². The molecule has 0 bridgehead atoms. The summed E-state index contributed by atoms with van der Waals surface area (Å²) in [6.07, 6.45) is 3.79. The van der Waals surface area contributed by atoms with Crippen molar-refractivity contribution in [1.29, 1.82) is 5.26 Å². The Hall–Kier alpha value is -5.47. The molecule has 4 heterocycles. The van der Waals surface area contributed by atoms with E-state index in [2.05, 4.69) is 14.9 Å². The van der Waals surface area contributed by atoms with Gasteiger partial charge in [0.05, 0.1) is 34.1 Å². The number of likely N-dealkylation sites (tertiary alicyclic amines) is 1. The number of fused-ring (bicyclic) bond motifs is 1. The Morgan fingerprint density at radius 1 is 1.00 bits per heavy atom. The quantitative estimate of drug-likeness (QED) is 0.288. The van der Waals surface area contributed by atoms with Gasteiger partial charge in [0.25, 0.3) is 0 Å². The highest BCUT2D eigenvalue weighted by Gasteiger charge is 2.29. The molecule has 0 unspecified atom stereocenters. The molecular formula is C30H24N6O5. The first kappa shape index (κ1) is 25.8. The number of imidazole rings is 1. The largest absolute Gasteiger partial charge is 0.507 e. The first-order valence-electron chi connectivity index (χ1n) is 12.9. The lowest BCUT2D eigenvalue weighted by molar-refractivity contribution is 0.0696. The molecule has 0 saturated carbocycles. The molecule has 3 aromatic heterocycles. The predicted octanol–water partition coefficient (Wildman–Crippen LogP) is 3.68. The maximum absolute atomic E-state index is 13.9. The van der Waals surface area contributed by atoms with Crippen molar-refractivity contribution in [3.63, 3.8) is 0 Å². The van der Waals surface area contributed by atoms with Crippen LogP contribution in [0.5, 0.6) is 11.5 Å². The number of aromatic carboxylic acids is 1. The van der Waals surface area contributed by atoms with E-state index in [1.807, 2.05) is 6.07 Å². The fourth-order valence-electron chi connectivity index (χ4n) is 5.40. The number of carboxylic acid groups (broad SMARTS) is 1. The molecule has 11 nitrogen and oxygen atoms in total. The highest BCUT2D eigenvalue weighted by Crippen LogP contribution is 2.33. The minimum atomic E-state index is -1.01. The molecular weight excluding hydrogens is 524 g/mol. The van der Waals surface area contributed by atoms with E-state index in [-0.39, 0.29) is 34.4 Å². The monoisotopic (exact) mass is 548 g/mol. The Balaban J connectivity index is 1.33. The topological polar surface area (TPSA) is 158 Å². The number of nitrogens with zero attached hydrogens (tertiary/aromatic N) is 6. The summed E-state index contributed by atoms with van der Waals surface area (Å²) in [6.45, 7) is 1.68. The molecule has 0 aliphatic carbocycles. The molecule has 6 rings (SSSR count). The van der Waals surface area contributed by atoms with Gasteiger partial charge in [-0.05, 0) is 66.1 Å². The molecule has 1 atom stereocenters. The van der Waals surface area contributed by atoms with E-state index in [0.717, 1.165) is 0 Å². The molecule has 3 N–H and O–H groups in total. The lowest BCUT2D eigenvalue weighted by Crippen LogP contribution is -2.29. The Kier molecular flexibility index (Phi) is 6.45. The van der Waals surface area contributed by atoms with E-state index < -0.39 is 5.97 Å². The van der Waals surface area contributed by atoms with E-state index in [1.165, 1.54) is 35.0 Å². The van der Waals surface area contributed by atoms with Gasteiger partial charge in [0.15, 0.2) is 5.65 Å². The zero-order valence-electron chi connectivity index (χ0n) is 21.7. The van der Waals surface area contributed by atoms with E-state index >= 15 is 0 Å². The van der Waals surface area contributed by atoms with Gasteiger partial charge >= 0.3 is 11.7 Å². The van der Waals surface area contributed by atoms with Crippen molar-refractivity contribution < 1.29 is 20.1 Å². The van der Waals surface area contributed by atoms with Gasteiger partial charge in [-0.3, -0.25) is 19.0 Å². The number of aromatic nitrogens is 4. The van der Waals surface area contributed by atoms with Gasteiger partial charge in [0.2, 0.25) is 0 Å². The van der Waals surface area contributed by atoms with Gasteiger partial charge in [0, 0.05) is 32.0 Å². The summed E-state index contributed by atoms with van der Waals surface area (Å²) in [5.74, 6) is -1.26. The van der Waals surface area contributed by atoms with Crippen LogP contribution in [0.15, 0.2) is 77.9 Å². The fraction of sp³-hybridized carbons (Fsp3) is 0.167. The van der Waals surface area contributed by atoms with Crippen molar-refractivity contribution in [3.8, 4) is 34.4 Å². The second kappa shape index (κ2) is 10.3. The van der Waals surface area contributed by atoms with Crippen LogP contribution in [0.1, 0.15) is 34.1 Å². The third kappa shape index (κ3) is 4.66. The standard InChI is InChI=1S/C30H24N6O5/c31-15-21-12-18(4-6-26(21)37)19-3-5-24(27(38)14-19)36-25-2-1-9-33-28(25)35(30(36)41)23-8-11-34(17-23)16-22-13-20(29(39)40)7-10-32-22/h1-7,9-10,12-14,23,37-38H,8,11,16-17H2,(H,39,40)/t23-/m0/s1. The highest BCUT2D eigenvalue weighted by atomic mass is 16.4. The van der Waals surface area contributed by atoms with Gasteiger partial charge in [-0.15, -0.1) is 0 Å². The summed E-state index contributed by atoms with van der Waals surface area (Å²) < 4.78 is 3.10. The minimum Gasteiger partial charge on any atom is -0.507 e. The first-order chi connectivity index (χ1) is 19.8. The van der Waals surface area contributed by atoms with E-state index in [1.54, 1.807) is 47.2 Å². The molecule has 204 valence electrons. The molecule has 1 aliphatic rings. The average Bonchev–Trinajstić information content (AvgIpc) is 3.54. The zero-order valence-corrected chi connectivity index (χ0v) is 21.7. The van der Waals surface area contributed by atoms with Crippen LogP contribution in [0.3, 0.4) is 0 Å². The molecule has 0 amide bonds. The van der Waals surface area contributed by atoms with Crippen LogP contribution in [-0.4, -0.2) is 58.4 Å². The maximum atomic E-state index is 13.9. The van der Waals surface area contributed by atoms with E-state index in [9.17, 15) is 30.2 Å². The molecule has 41 heavy (non-hydrogen) atoms. The zero-order chi connectivity index (χ0) is 28.7. The fourth-order valence-corrected chi connectivity index (χ4v) is 5.40. The number of phenolic OH excluding ortho intramolecular Hbond substituents is 2. The van der Waals surface area contributed by atoms with Crippen molar-refractivity contribution in [2.75, 3.05) is 13.1 Å². The number of pyridine rings is 2. The number of rotatable bonds is 6. The third-order valence-corrected chi connectivity index (χ3v) is 7.36. The lowest BCUT2D eigenvalue weighted by Gasteiger charge is -2.16.